The van der Waals surface area contributed by atoms with Gasteiger partial charge in [0.1, 0.15) is 11.7 Å². The molecule has 1 heterocycles. The molecule has 33 heavy (non-hydrogen) atoms. The highest BCUT2D eigenvalue weighted by Gasteiger charge is 2.37. The van der Waals surface area contributed by atoms with E-state index in [1.54, 1.807) is 20.0 Å². The lowest BCUT2D eigenvalue weighted by atomic mass is 9.80. The third-order valence-electron chi connectivity index (χ3n) is 5.04. The number of carbonyl (C=O) groups excluding carboxylic acids is 1. The maximum atomic E-state index is 13.0. The fourth-order valence-corrected chi connectivity index (χ4v) is 3.62. The molecule has 0 fully saturated rings. The molecule has 0 spiro atoms. The fraction of sp³-hybridized carbons (Fsp3) is 0.259. The summed E-state index contributed by atoms with van der Waals surface area (Å²) in [6.45, 7) is 15.7. The first-order valence-corrected chi connectivity index (χ1v) is 10.8. The normalized spacial score (nSPS) is 16.7. The minimum atomic E-state index is -0.432. The van der Waals surface area contributed by atoms with Crippen LogP contribution in [0.4, 0.5) is 0 Å². The number of nitrogens with two attached hydrogens (primary N) is 1. The summed E-state index contributed by atoms with van der Waals surface area (Å²) >= 11 is 0. The van der Waals surface area contributed by atoms with Crippen molar-refractivity contribution in [3.05, 3.63) is 108 Å². The predicted octanol–water partition coefficient (Wildman–Crippen LogP) is 4.79. The third-order valence-corrected chi connectivity index (χ3v) is 5.04. The average Bonchev–Trinajstić information content (AvgIpc) is 2.84. The number of likely N-dealkylation sites (N-methyl/N-ethyl adjacent to an activating group) is 1. The maximum Gasteiger partial charge on any atom is 0.336 e. The summed E-state index contributed by atoms with van der Waals surface area (Å²) in [5.74, 6) is 0.280. The summed E-state index contributed by atoms with van der Waals surface area (Å²) in [6.07, 6.45) is 7.56. The molecule has 0 aromatic heterocycles. The first-order valence-electron chi connectivity index (χ1n) is 10.8. The molecule has 0 aliphatic carbocycles. The van der Waals surface area contributed by atoms with Crippen molar-refractivity contribution in [2.75, 3.05) is 20.7 Å². The smallest absolute Gasteiger partial charge is 0.336 e. The van der Waals surface area contributed by atoms with Gasteiger partial charge in [-0.25, -0.2) is 4.79 Å². The van der Waals surface area contributed by atoms with Gasteiger partial charge in [0, 0.05) is 31.1 Å². The van der Waals surface area contributed by atoms with Crippen LogP contribution in [-0.2, 0) is 9.53 Å². The Morgan fingerprint density at radius 3 is 2.42 bits per heavy atom. The predicted molar refractivity (Wildman–Crippen MR) is 138 cm³/mol. The number of nitrogens with one attached hydrogen (secondary N) is 1. The lowest BCUT2D eigenvalue weighted by molar-refractivity contribution is -0.138. The number of aliphatic imine (C=N–C) groups is 1. The first kappa shape index (κ1) is 27.2. The highest BCUT2D eigenvalue weighted by Crippen LogP contribution is 2.39. The largest absolute Gasteiger partial charge is 0.463 e. The standard InChI is InChI=1S/C25H32N4O2.C2H4/c1-7-13-19(14-8-2)29(6)24-22(23(26)27-5)21(18-15-11-10-12-16-18)20(17(4)28-24)25(30)31-9-3;1-2/h7-8,10-16,21,28H,1,9H2,2-6H3,(H2,26,27);1-2H2/b14-8-,19-13+;. The Labute approximate surface area is 198 Å². The Morgan fingerprint density at radius 1 is 1.27 bits per heavy atom. The molecule has 3 N–H and O–H groups in total. The molecular weight excluding hydrogens is 412 g/mol. The van der Waals surface area contributed by atoms with Crippen LogP contribution in [0, 0.1) is 0 Å². The number of hydrogen-bond acceptors (Lipinski definition) is 5. The molecule has 1 atom stereocenters. The van der Waals surface area contributed by atoms with E-state index in [2.05, 4.69) is 30.0 Å². The van der Waals surface area contributed by atoms with E-state index in [-0.39, 0.29) is 12.6 Å². The van der Waals surface area contributed by atoms with Crippen LogP contribution in [0.15, 0.2) is 108 Å². The van der Waals surface area contributed by atoms with E-state index >= 15 is 0 Å². The zero-order valence-corrected chi connectivity index (χ0v) is 20.4. The molecule has 1 aromatic carbocycles. The average molecular weight is 449 g/mol. The molecule has 1 unspecified atom stereocenters. The van der Waals surface area contributed by atoms with Crippen molar-refractivity contribution in [1.82, 2.24) is 10.2 Å². The number of esters is 1. The molecule has 0 saturated carbocycles. The Hall–Kier alpha value is -3.80. The number of nitrogens with zero attached hydrogens (tertiary/aromatic N) is 2. The van der Waals surface area contributed by atoms with Gasteiger partial charge in [-0.3, -0.25) is 4.99 Å². The highest BCUT2D eigenvalue weighted by molar-refractivity contribution is 6.04. The van der Waals surface area contributed by atoms with Gasteiger partial charge in [0.25, 0.3) is 0 Å². The number of rotatable bonds is 8. The minimum absolute atomic E-state index is 0.286. The van der Waals surface area contributed by atoms with E-state index in [4.69, 9.17) is 10.5 Å². The van der Waals surface area contributed by atoms with Crippen molar-refractivity contribution in [3.8, 4) is 0 Å². The van der Waals surface area contributed by atoms with Gasteiger partial charge >= 0.3 is 5.97 Å². The summed E-state index contributed by atoms with van der Waals surface area (Å²) in [5.41, 5.74) is 10.2. The van der Waals surface area contributed by atoms with Gasteiger partial charge in [-0.05, 0) is 38.5 Å². The Balaban J connectivity index is 0.00000265. The van der Waals surface area contributed by atoms with E-state index in [1.807, 2.05) is 74.4 Å². The molecule has 1 aromatic rings. The second-order valence-electron chi connectivity index (χ2n) is 6.99. The van der Waals surface area contributed by atoms with Crippen LogP contribution >= 0.6 is 0 Å². The van der Waals surface area contributed by atoms with Crippen molar-refractivity contribution in [1.29, 1.82) is 0 Å². The lowest BCUT2D eigenvalue weighted by Gasteiger charge is -2.36. The number of amidine groups is 1. The zero-order valence-electron chi connectivity index (χ0n) is 20.4. The van der Waals surface area contributed by atoms with E-state index in [1.165, 1.54) is 0 Å². The monoisotopic (exact) mass is 448 g/mol. The van der Waals surface area contributed by atoms with Crippen LogP contribution in [-0.4, -0.2) is 37.4 Å². The van der Waals surface area contributed by atoms with Crippen LogP contribution in [0.3, 0.4) is 0 Å². The van der Waals surface area contributed by atoms with Gasteiger partial charge in [-0.15, -0.1) is 13.2 Å². The zero-order chi connectivity index (χ0) is 25.0. The van der Waals surface area contributed by atoms with Crippen LogP contribution in [0.25, 0.3) is 0 Å². The van der Waals surface area contributed by atoms with Crippen molar-refractivity contribution in [2.45, 2.75) is 26.7 Å². The summed E-state index contributed by atoms with van der Waals surface area (Å²) in [4.78, 5) is 19.2. The number of benzene rings is 1. The summed E-state index contributed by atoms with van der Waals surface area (Å²) in [7, 11) is 3.58. The molecule has 176 valence electrons. The van der Waals surface area contributed by atoms with Gasteiger partial charge in [-0.2, -0.15) is 0 Å². The Bertz CT molecular complexity index is 985. The topological polar surface area (TPSA) is 80.0 Å². The van der Waals surface area contributed by atoms with Crippen LogP contribution in [0.2, 0.25) is 0 Å². The van der Waals surface area contributed by atoms with E-state index < -0.39 is 5.92 Å². The molecule has 1 aliphatic heterocycles. The molecule has 2 rings (SSSR count). The SMILES string of the molecule is C=C.C=C/C=C(\C=C/C)N(C)C1=C(C(N)=NC)C(c2ccccc2)C(C(=O)OCC)=C(C)N1. The minimum Gasteiger partial charge on any atom is -0.463 e. The highest BCUT2D eigenvalue weighted by atomic mass is 16.5. The molecule has 6 nitrogen and oxygen atoms in total. The van der Waals surface area contributed by atoms with E-state index in [9.17, 15) is 4.79 Å². The maximum absolute atomic E-state index is 13.0. The Morgan fingerprint density at radius 2 is 1.91 bits per heavy atom. The molecule has 0 saturated heterocycles. The molecule has 0 bridgehead atoms. The van der Waals surface area contributed by atoms with Crippen molar-refractivity contribution in [2.24, 2.45) is 10.7 Å². The second kappa shape index (κ2) is 13.6. The molecule has 6 heteroatoms. The number of ether oxygens (including phenoxy) is 1. The second-order valence-corrected chi connectivity index (χ2v) is 6.99. The van der Waals surface area contributed by atoms with Crippen molar-refractivity contribution in [3.63, 3.8) is 0 Å². The first-order chi connectivity index (χ1) is 15.9. The quantitative estimate of drug-likeness (QED) is 0.197. The number of hydrogen-bond donors (Lipinski definition) is 2. The fourth-order valence-electron chi connectivity index (χ4n) is 3.62. The number of dihydropyridines is 1. The lowest BCUT2D eigenvalue weighted by Crippen LogP contribution is -2.40. The van der Waals surface area contributed by atoms with E-state index in [0.29, 0.717) is 22.7 Å². The molecule has 0 amide bonds. The number of carbonyl (C=O) groups is 1. The molecule has 1 aliphatic rings. The van der Waals surface area contributed by atoms with Crippen molar-refractivity contribution < 1.29 is 9.53 Å². The van der Waals surface area contributed by atoms with Gasteiger partial charge in [0.15, 0.2) is 0 Å². The molecular formula is C27H36N4O2. The van der Waals surface area contributed by atoms with E-state index in [0.717, 1.165) is 17.1 Å². The van der Waals surface area contributed by atoms with Gasteiger partial charge < -0.3 is 20.7 Å². The Kier molecular flexibility index (Phi) is 11.2. The number of allylic oxidation sites excluding steroid dienone is 5. The van der Waals surface area contributed by atoms with Crippen LogP contribution in [0.1, 0.15) is 32.3 Å². The molecule has 0 radical (unpaired) electrons. The van der Waals surface area contributed by atoms with Gasteiger partial charge in [0.2, 0.25) is 0 Å². The van der Waals surface area contributed by atoms with Crippen LogP contribution < -0.4 is 11.1 Å². The van der Waals surface area contributed by atoms with Gasteiger partial charge in [0.05, 0.1) is 18.1 Å². The summed E-state index contributed by atoms with van der Waals surface area (Å²) < 4.78 is 5.40. The van der Waals surface area contributed by atoms with Gasteiger partial charge in [-0.1, -0.05) is 49.1 Å². The van der Waals surface area contributed by atoms with Crippen LogP contribution in [0.5, 0.6) is 0 Å². The summed E-state index contributed by atoms with van der Waals surface area (Å²) in [6, 6.07) is 9.79. The van der Waals surface area contributed by atoms with Crippen molar-refractivity contribution >= 4 is 11.8 Å². The third kappa shape index (κ3) is 6.35. The summed E-state index contributed by atoms with van der Waals surface area (Å²) in [5, 5.41) is 3.38.